The summed E-state index contributed by atoms with van der Waals surface area (Å²) in [6.45, 7) is 3.81. The predicted molar refractivity (Wildman–Crippen MR) is 123 cm³/mol. The zero-order valence-corrected chi connectivity index (χ0v) is 18.9. The van der Waals surface area contributed by atoms with E-state index in [1.54, 1.807) is 74.5 Å². The summed E-state index contributed by atoms with van der Waals surface area (Å²) >= 11 is 1.34. The Morgan fingerprint density at radius 3 is 2.16 bits per heavy atom. The van der Waals surface area contributed by atoms with Gasteiger partial charge in [0.1, 0.15) is 0 Å². The molecule has 3 rings (SSSR count). The van der Waals surface area contributed by atoms with Gasteiger partial charge in [0.05, 0.1) is 16.2 Å². The van der Waals surface area contributed by atoms with Crippen LogP contribution in [0.25, 0.3) is 0 Å². The van der Waals surface area contributed by atoms with Gasteiger partial charge in [-0.3, -0.25) is 9.59 Å². The van der Waals surface area contributed by atoms with E-state index in [9.17, 15) is 18.0 Å². The molecular formula is C23H24N2O4S2. The molecule has 0 spiro atoms. The third-order valence-corrected chi connectivity index (χ3v) is 6.82. The number of thiophene rings is 1. The Hall–Kier alpha value is -2.81. The molecule has 0 saturated heterocycles. The molecule has 8 heteroatoms. The van der Waals surface area contributed by atoms with Crippen molar-refractivity contribution in [1.29, 1.82) is 0 Å². The molecule has 1 amide bonds. The Morgan fingerprint density at radius 1 is 0.903 bits per heavy atom. The number of sulfonamides is 1. The van der Waals surface area contributed by atoms with Gasteiger partial charge in [-0.05, 0) is 42.5 Å². The van der Waals surface area contributed by atoms with Gasteiger partial charge in [-0.2, -0.15) is 0 Å². The lowest BCUT2D eigenvalue weighted by atomic mass is 10.0. The second-order valence-corrected chi connectivity index (χ2v) is 10.1. The first kappa shape index (κ1) is 22.9. The van der Waals surface area contributed by atoms with Gasteiger partial charge in [0, 0.05) is 18.2 Å². The van der Waals surface area contributed by atoms with Gasteiger partial charge in [-0.1, -0.05) is 48.5 Å². The predicted octanol–water partition coefficient (Wildman–Crippen LogP) is 3.74. The zero-order chi connectivity index (χ0) is 22.4. The topological polar surface area (TPSA) is 92.3 Å². The maximum absolute atomic E-state index is 12.7. The zero-order valence-electron chi connectivity index (χ0n) is 17.3. The number of hydrogen-bond acceptors (Lipinski definition) is 5. The van der Waals surface area contributed by atoms with Crippen molar-refractivity contribution in [1.82, 2.24) is 10.0 Å². The van der Waals surface area contributed by atoms with Crippen molar-refractivity contribution in [2.75, 3.05) is 0 Å². The van der Waals surface area contributed by atoms with Crippen LogP contribution in [-0.2, 0) is 22.3 Å². The van der Waals surface area contributed by atoms with Crippen LogP contribution in [-0.4, -0.2) is 26.2 Å². The molecule has 0 fully saturated rings. The van der Waals surface area contributed by atoms with Crippen LogP contribution >= 0.6 is 11.3 Å². The third kappa shape index (κ3) is 6.33. The Kier molecular flexibility index (Phi) is 7.37. The van der Waals surface area contributed by atoms with Crippen molar-refractivity contribution < 1.29 is 18.0 Å². The van der Waals surface area contributed by atoms with Gasteiger partial charge >= 0.3 is 0 Å². The second-order valence-electron chi connectivity index (χ2n) is 7.38. The molecule has 0 aliphatic heterocycles. The Balaban J connectivity index is 1.65. The van der Waals surface area contributed by atoms with E-state index in [4.69, 9.17) is 0 Å². The van der Waals surface area contributed by atoms with E-state index in [0.29, 0.717) is 21.6 Å². The van der Waals surface area contributed by atoms with Gasteiger partial charge in [0.2, 0.25) is 15.8 Å². The number of rotatable bonds is 9. The maximum Gasteiger partial charge on any atom is 0.252 e. The number of nitrogens with one attached hydrogen (secondary N) is 2. The van der Waals surface area contributed by atoms with Gasteiger partial charge in [0.15, 0.2) is 0 Å². The minimum Gasteiger partial charge on any atom is -0.348 e. The molecule has 1 aromatic heterocycles. The monoisotopic (exact) mass is 456 g/mol. The number of carbonyl (C=O) groups is 2. The SMILES string of the molecule is CC(C)NS(=O)(=O)Cc1ccc(CNC(=O)c2ccccc2C(=O)c2cccs2)cc1. The van der Waals surface area contributed by atoms with Crippen LogP contribution < -0.4 is 10.0 Å². The number of amides is 1. The fourth-order valence-electron chi connectivity index (χ4n) is 3.07. The van der Waals surface area contributed by atoms with Crippen molar-refractivity contribution in [2.45, 2.75) is 32.2 Å². The van der Waals surface area contributed by atoms with Crippen LogP contribution in [0.4, 0.5) is 0 Å². The normalized spacial score (nSPS) is 11.5. The van der Waals surface area contributed by atoms with E-state index in [-0.39, 0.29) is 30.0 Å². The van der Waals surface area contributed by atoms with Crippen molar-refractivity contribution in [3.8, 4) is 0 Å². The van der Waals surface area contributed by atoms with Crippen molar-refractivity contribution >= 4 is 33.1 Å². The summed E-state index contributed by atoms with van der Waals surface area (Å²) in [5.41, 5.74) is 2.17. The molecule has 2 N–H and O–H groups in total. The molecule has 1 heterocycles. The Morgan fingerprint density at radius 2 is 1.55 bits per heavy atom. The summed E-state index contributed by atoms with van der Waals surface area (Å²) in [7, 11) is -3.39. The molecule has 0 atom stereocenters. The summed E-state index contributed by atoms with van der Waals surface area (Å²) < 4.78 is 26.6. The fraction of sp³-hybridized carbons (Fsp3) is 0.217. The molecule has 0 unspecified atom stereocenters. The first-order valence-corrected chi connectivity index (χ1v) is 12.3. The summed E-state index contributed by atoms with van der Waals surface area (Å²) in [6, 6.07) is 17.1. The lowest BCUT2D eigenvalue weighted by Crippen LogP contribution is -2.31. The number of carbonyl (C=O) groups excluding carboxylic acids is 2. The molecule has 3 aromatic rings. The van der Waals surface area contributed by atoms with Gasteiger partial charge in [-0.25, -0.2) is 13.1 Å². The molecular weight excluding hydrogens is 432 g/mol. The smallest absolute Gasteiger partial charge is 0.252 e. The maximum atomic E-state index is 12.7. The number of ketones is 1. The van der Waals surface area contributed by atoms with Crippen molar-refractivity contribution in [3.05, 3.63) is 93.2 Å². The molecule has 162 valence electrons. The van der Waals surface area contributed by atoms with Gasteiger partial charge in [-0.15, -0.1) is 11.3 Å². The van der Waals surface area contributed by atoms with Crippen LogP contribution in [0.3, 0.4) is 0 Å². The summed E-state index contributed by atoms with van der Waals surface area (Å²) in [5.74, 6) is -0.620. The second kappa shape index (κ2) is 10.00. The highest BCUT2D eigenvalue weighted by Gasteiger charge is 2.18. The average molecular weight is 457 g/mol. The molecule has 6 nitrogen and oxygen atoms in total. The third-order valence-electron chi connectivity index (χ3n) is 4.41. The molecule has 31 heavy (non-hydrogen) atoms. The van der Waals surface area contributed by atoms with E-state index in [1.165, 1.54) is 11.3 Å². The quantitative estimate of drug-likeness (QED) is 0.480. The highest BCUT2D eigenvalue weighted by atomic mass is 32.2. The van der Waals surface area contributed by atoms with Crippen molar-refractivity contribution in [2.24, 2.45) is 0 Å². The molecule has 0 bridgehead atoms. The van der Waals surface area contributed by atoms with E-state index >= 15 is 0 Å². The van der Waals surface area contributed by atoms with Gasteiger partial charge in [0.25, 0.3) is 5.91 Å². The molecule has 0 aliphatic rings. The summed E-state index contributed by atoms with van der Waals surface area (Å²) in [5, 5.41) is 4.65. The van der Waals surface area contributed by atoms with Crippen LogP contribution in [0.5, 0.6) is 0 Å². The van der Waals surface area contributed by atoms with Crippen LogP contribution in [0.2, 0.25) is 0 Å². The number of benzene rings is 2. The summed E-state index contributed by atoms with van der Waals surface area (Å²) in [4.78, 5) is 26.0. The first-order valence-electron chi connectivity index (χ1n) is 9.78. The summed E-state index contributed by atoms with van der Waals surface area (Å²) in [6.07, 6.45) is 0. The minimum absolute atomic E-state index is 0.101. The average Bonchev–Trinajstić information content (AvgIpc) is 3.26. The Bertz CT molecular complexity index is 1150. The fourth-order valence-corrected chi connectivity index (χ4v) is 5.18. The van der Waals surface area contributed by atoms with E-state index in [2.05, 4.69) is 10.0 Å². The molecule has 0 aliphatic carbocycles. The lowest BCUT2D eigenvalue weighted by Gasteiger charge is -2.11. The molecule has 2 aromatic carbocycles. The van der Waals surface area contributed by atoms with E-state index in [0.717, 1.165) is 5.56 Å². The first-order chi connectivity index (χ1) is 14.7. The van der Waals surface area contributed by atoms with E-state index < -0.39 is 10.0 Å². The van der Waals surface area contributed by atoms with Gasteiger partial charge < -0.3 is 5.32 Å². The number of hydrogen-bond donors (Lipinski definition) is 2. The Labute approximate surface area is 186 Å². The van der Waals surface area contributed by atoms with Crippen LogP contribution in [0.15, 0.2) is 66.0 Å². The van der Waals surface area contributed by atoms with Crippen LogP contribution in [0, 0.1) is 0 Å². The van der Waals surface area contributed by atoms with E-state index in [1.807, 2.05) is 5.38 Å². The lowest BCUT2D eigenvalue weighted by molar-refractivity contribution is 0.0940. The largest absolute Gasteiger partial charge is 0.348 e. The molecule has 0 saturated carbocycles. The standard InChI is InChI=1S/C23H24N2O4S2/c1-16(2)25-31(28,29)15-18-11-9-17(10-12-18)14-24-23(27)20-7-4-3-6-19(20)22(26)21-8-5-13-30-21/h3-13,16,25H,14-15H2,1-2H3,(H,24,27). The highest BCUT2D eigenvalue weighted by Crippen LogP contribution is 2.18. The molecule has 0 radical (unpaired) electrons. The van der Waals surface area contributed by atoms with Crippen molar-refractivity contribution in [3.63, 3.8) is 0 Å². The van der Waals surface area contributed by atoms with Crippen LogP contribution in [0.1, 0.15) is 50.6 Å². The highest BCUT2D eigenvalue weighted by molar-refractivity contribution is 7.88. The minimum atomic E-state index is -3.39.